The average Bonchev–Trinajstić information content (AvgIpc) is 2.44. The Kier molecular flexibility index (Phi) is 6.12. The lowest BCUT2D eigenvalue weighted by molar-refractivity contribution is 0.304. The van der Waals surface area contributed by atoms with E-state index in [1.165, 1.54) is 30.3 Å². The van der Waals surface area contributed by atoms with E-state index in [1.54, 1.807) is 12.1 Å². The van der Waals surface area contributed by atoms with Gasteiger partial charge in [0.25, 0.3) is 0 Å². The molecule has 0 aliphatic rings. The quantitative estimate of drug-likeness (QED) is 0.634. The van der Waals surface area contributed by atoms with Gasteiger partial charge in [-0.2, -0.15) is 0 Å². The van der Waals surface area contributed by atoms with Crippen molar-refractivity contribution in [1.82, 2.24) is 0 Å². The molecule has 124 valence electrons. The molecule has 3 N–H and O–H groups in total. The van der Waals surface area contributed by atoms with E-state index in [0.717, 1.165) is 6.26 Å². The van der Waals surface area contributed by atoms with Crippen LogP contribution < -0.4 is 10.5 Å². The Morgan fingerprint density at radius 2 is 1.83 bits per heavy atom. The maximum absolute atomic E-state index is 13.6. The van der Waals surface area contributed by atoms with E-state index in [2.05, 4.69) is 0 Å². The first kappa shape index (κ1) is 18.9. The first-order valence-electron chi connectivity index (χ1n) is 6.34. The average molecular weight is 359 g/mol. The second kappa shape index (κ2) is 7.43. The number of ether oxygens (including phenoxy) is 1. The normalized spacial score (nSPS) is 10.7. The molecule has 0 spiro atoms. The van der Waals surface area contributed by atoms with Gasteiger partial charge in [-0.05, 0) is 29.8 Å². The Morgan fingerprint density at radius 3 is 2.35 bits per heavy atom. The second-order valence-corrected chi connectivity index (χ2v) is 6.75. The van der Waals surface area contributed by atoms with Crippen LogP contribution in [0.4, 0.5) is 4.39 Å². The van der Waals surface area contributed by atoms with Crippen LogP contribution in [0.25, 0.3) is 0 Å². The number of benzene rings is 2. The Balaban J connectivity index is 0.00000264. The monoisotopic (exact) mass is 358 g/mol. The lowest BCUT2D eigenvalue weighted by Gasteiger charge is -2.11. The van der Waals surface area contributed by atoms with Gasteiger partial charge < -0.3 is 10.5 Å². The van der Waals surface area contributed by atoms with Crippen molar-refractivity contribution in [2.45, 2.75) is 11.5 Å². The molecule has 0 heterocycles. The van der Waals surface area contributed by atoms with Crippen LogP contribution in [0.2, 0.25) is 0 Å². The first-order valence-corrected chi connectivity index (χ1v) is 8.23. The van der Waals surface area contributed by atoms with Gasteiger partial charge in [0.1, 0.15) is 24.0 Å². The van der Waals surface area contributed by atoms with Crippen molar-refractivity contribution in [3.63, 3.8) is 0 Å². The lowest BCUT2D eigenvalue weighted by Crippen LogP contribution is -2.15. The summed E-state index contributed by atoms with van der Waals surface area (Å²) in [5.74, 6) is -0.877. The minimum atomic E-state index is -3.25. The fourth-order valence-corrected chi connectivity index (χ4v) is 2.51. The number of nitrogens with two attached hydrogens (primary N) is 1. The van der Waals surface area contributed by atoms with Crippen LogP contribution in [0.1, 0.15) is 11.1 Å². The Hall–Kier alpha value is -2.12. The van der Waals surface area contributed by atoms with Gasteiger partial charge in [0.2, 0.25) is 0 Å². The van der Waals surface area contributed by atoms with Crippen molar-refractivity contribution in [2.24, 2.45) is 5.73 Å². The van der Waals surface area contributed by atoms with E-state index in [4.69, 9.17) is 15.9 Å². The van der Waals surface area contributed by atoms with Crippen LogP contribution in [0.15, 0.2) is 47.4 Å². The van der Waals surface area contributed by atoms with Crippen LogP contribution in [0.3, 0.4) is 0 Å². The minimum Gasteiger partial charge on any atom is -0.488 e. The zero-order valence-corrected chi connectivity index (χ0v) is 13.9. The number of nitrogens with one attached hydrogen (secondary N) is 1. The molecule has 0 radical (unpaired) electrons. The molecule has 2 aromatic carbocycles. The highest BCUT2D eigenvalue weighted by atomic mass is 35.5. The van der Waals surface area contributed by atoms with Gasteiger partial charge in [0, 0.05) is 6.26 Å². The summed E-state index contributed by atoms with van der Waals surface area (Å²) in [5, 5.41) is 7.39. The van der Waals surface area contributed by atoms with Gasteiger partial charge in [0.15, 0.2) is 9.84 Å². The largest absolute Gasteiger partial charge is 0.488 e. The number of rotatable bonds is 5. The lowest BCUT2D eigenvalue weighted by atomic mass is 10.1. The molecular formula is C15H16ClFN2O3S. The van der Waals surface area contributed by atoms with Gasteiger partial charge in [-0.3, -0.25) is 5.41 Å². The molecule has 0 fully saturated rings. The zero-order valence-electron chi connectivity index (χ0n) is 12.2. The molecular weight excluding hydrogens is 343 g/mol. The smallest absolute Gasteiger partial charge is 0.175 e. The maximum Gasteiger partial charge on any atom is 0.175 e. The van der Waals surface area contributed by atoms with Crippen LogP contribution in [0, 0.1) is 11.2 Å². The Labute approximate surface area is 140 Å². The van der Waals surface area contributed by atoms with E-state index >= 15 is 0 Å². The molecule has 5 nitrogen and oxygen atoms in total. The van der Waals surface area contributed by atoms with E-state index in [9.17, 15) is 12.8 Å². The van der Waals surface area contributed by atoms with Crippen molar-refractivity contribution >= 4 is 28.1 Å². The molecule has 0 aromatic heterocycles. The summed E-state index contributed by atoms with van der Waals surface area (Å²) < 4.78 is 41.9. The highest BCUT2D eigenvalue weighted by Crippen LogP contribution is 2.22. The van der Waals surface area contributed by atoms with Gasteiger partial charge in [-0.15, -0.1) is 12.4 Å². The third-order valence-corrected chi connectivity index (χ3v) is 4.12. The maximum atomic E-state index is 13.6. The predicted molar refractivity (Wildman–Crippen MR) is 88.5 cm³/mol. The third-order valence-electron chi connectivity index (χ3n) is 2.99. The Bertz CT molecular complexity index is 808. The fraction of sp³-hybridized carbons (Fsp3) is 0.133. The molecule has 0 unspecified atom stereocenters. The molecule has 0 atom stereocenters. The van der Waals surface area contributed by atoms with Crippen LogP contribution in [-0.4, -0.2) is 20.5 Å². The van der Waals surface area contributed by atoms with E-state index in [1.807, 2.05) is 0 Å². The molecule has 0 bridgehead atoms. The predicted octanol–water partition coefficient (Wildman–Crippen LogP) is 2.51. The van der Waals surface area contributed by atoms with Crippen molar-refractivity contribution in [2.75, 3.05) is 6.26 Å². The number of hydrogen-bond donors (Lipinski definition) is 2. The molecule has 0 saturated heterocycles. The van der Waals surface area contributed by atoms with Gasteiger partial charge in [-0.25, -0.2) is 12.8 Å². The summed E-state index contributed by atoms with van der Waals surface area (Å²) >= 11 is 0. The number of hydrogen-bond acceptors (Lipinski definition) is 4. The topological polar surface area (TPSA) is 93.2 Å². The van der Waals surface area contributed by atoms with Gasteiger partial charge >= 0.3 is 0 Å². The van der Waals surface area contributed by atoms with Crippen molar-refractivity contribution < 1.29 is 17.5 Å². The first-order chi connectivity index (χ1) is 10.3. The van der Waals surface area contributed by atoms with E-state index < -0.39 is 21.5 Å². The van der Waals surface area contributed by atoms with Crippen LogP contribution in [0.5, 0.6) is 5.75 Å². The molecule has 23 heavy (non-hydrogen) atoms. The Morgan fingerprint density at radius 1 is 1.22 bits per heavy atom. The molecule has 8 heteroatoms. The van der Waals surface area contributed by atoms with Crippen molar-refractivity contribution in [3.8, 4) is 5.75 Å². The number of sulfone groups is 1. The number of amidine groups is 1. The summed E-state index contributed by atoms with van der Waals surface area (Å²) in [6.07, 6.45) is 1.13. The van der Waals surface area contributed by atoms with Crippen LogP contribution >= 0.6 is 12.4 Å². The summed E-state index contributed by atoms with van der Waals surface area (Å²) in [6.45, 7) is 0.105. The standard InChI is InChI=1S/C15H15FN2O3S.ClH/c1-22(19,20)11-7-5-10(6-8-11)9-21-13-4-2-3-12(16)14(13)15(17)18;/h2-8H,9H2,1H3,(H3,17,18);1H. The summed E-state index contributed by atoms with van der Waals surface area (Å²) in [7, 11) is -3.25. The molecule has 0 amide bonds. The molecule has 0 aliphatic heterocycles. The number of halogens is 2. The minimum absolute atomic E-state index is 0. The molecule has 0 aliphatic carbocycles. The summed E-state index contributed by atoms with van der Waals surface area (Å²) in [6, 6.07) is 10.4. The van der Waals surface area contributed by atoms with E-state index in [-0.39, 0.29) is 35.2 Å². The fourth-order valence-electron chi connectivity index (χ4n) is 1.88. The molecule has 2 aromatic rings. The van der Waals surface area contributed by atoms with Crippen LogP contribution in [-0.2, 0) is 16.4 Å². The molecule has 2 rings (SSSR count). The highest BCUT2D eigenvalue weighted by Gasteiger charge is 2.13. The summed E-state index contributed by atoms with van der Waals surface area (Å²) in [4.78, 5) is 0.214. The van der Waals surface area contributed by atoms with E-state index in [0.29, 0.717) is 5.56 Å². The third kappa shape index (κ3) is 4.67. The summed E-state index contributed by atoms with van der Waals surface area (Å²) in [5.41, 5.74) is 5.98. The highest BCUT2D eigenvalue weighted by molar-refractivity contribution is 7.90. The SMILES string of the molecule is CS(=O)(=O)c1ccc(COc2cccc(F)c2C(=N)N)cc1.Cl. The molecule has 0 saturated carbocycles. The van der Waals surface area contributed by atoms with Gasteiger partial charge in [-0.1, -0.05) is 18.2 Å². The van der Waals surface area contributed by atoms with Crippen molar-refractivity contribution in [3.05, 3.63) is 59.4 Å². The number of nitrogen functional groups attached to an aromatic ring is 1. The second-order valence-electron chi connectivity index (χ2n) is 4.73. The van der Waals surface area contributed by atoms with Gasteiger partial charge in [0.05, 0.1) is 10.5 Å². The zero-order chi connectivity index (χ0) is 16.3. The van der Waals surface area contributed by atoms with Crippen molar-refractivity contribution in [1.29, 1.82) is 5.41 Å².